The van der Waals surface area contributed by atoms with E-state index in [1.165, 1.54) is 10.9 Å². The Kier molecular flexibility index (Phi) is 2.46. The molecule has 0 amide bonds. The third-order valence-electron chi connectivity index (χ3n) is 4.07. The molecule has 1 aromatic heterocycles. The largest absolute Gasteiger partial charge is 0.338 e. The third kappa shape index (κ3) is 1.50. The molecule has 0 saturated heterocycles. The number of carbonyl (C=O) groups excluding carboxylic acids is 1. The second kappa shape index (κ2) is 3.70. The molecule has 2 heterocycles. The minimum absolute atomic E-state index is 0.230. The highest BCUT2D eigenvalue weighted by Gasteiger charge is 2.36. The molecule has 2 aromatic rings. The highest BCUT2D eigenvalue weighted by atomic mass is 79.9. The number of ketones is 1. The summed E-state index contributed by atoms with van der Waals surface area (Å²) in [6, 6.07) is 6.25. The summed E-state index contributed by atoms with van der Waals surface area (Å²) in [6.07, 6.45) is 0.915. The Labute approximate surface area is 115 Å². The number of halogens is 1. The van der Waals surface area contributed by atoms with Crippen molar-refractivity contribution in [2.75, 3.05) is 0 Å². The number of aryl methyl sites for hydroxylation is 2. The molecule has 3 rings (SSSR count). The molecule has 0 unspecified atom stereocenters. The fraction of sp³-hybridized carbons (Fsp3) is 0.400. The Bertz CT molecular complexity index is 667. The van der Waals surface area contributed by atoms with Gasteiger partial charge in [0.25, 0.3) is 0 Å². The van der Waals surface area contributed by atoms with E-state index in [1.54, 1.807) is 0 Å². The molecule has 0 fully saturated rings. The fourth-order valence-corrected chi connectivity index (χ4v) is 3.21. The summed E-state index contributed by atoms with van der Waals surface area (Å²) in [5, 5.41) is 1.19. The van der Waals surface area contributed by atoms with Crippen molar-refractivity contribution in [2.45, 2.75) is 33.7 Å². The van der Waals surface area contributed by atoms with Gasteiger partial charge < -0.3 is 4.57 Å². The van der Waals surface area contributed by atoms with Gasteiger partial charge in [-0.15, -0.1) is 0 Å². The van der Waals surface area contributed by atoms with Gasteiger partial charge in [0.15, 0.2) is 5.78 Å². The van der Waals surface area contributed by atoms with Crippen LogP contribution >= 0.6 is 15.9 Å². The SMILES string of the molecule is Cc1c2n(c3ccc(Br)cc13)CCC(C)(C)C2=O. The Morgan fingerprint density at radius 3 is 2.78 bits per heavy atom. The summed E-state index contributed by atoms with van der Waals surface area (Å²) in [4.78, 5) is 12.6. The standard InChI is InChI=1S/C15H16BrNO/c1-9-11-8-10(16)4-5-12(11)17-7-6-15(2,3)14(18)13(9)17/h4-5,8H,6-7H2,1-3H3. The van der Waals surface area contributed by atoms with Crippen LogP contribution in [-0.2, 0) is 6.54 Å². The van der Waals surface area contributed by atoms with Crippen LogP contribution in [0.5, 0.6) is 0 Å². The molecular weight excluding hydrogens is 290 g/mol. The monoisotopic (exact) mass is 305 g/mol. The molecule has 1 aliphatic heterocycles. The van der Waals surface area contributed by atoms with Crippen LogP contribution in [0.3, 0.4) is 0 Å². The van der Waals surface area contributed by atoms with Crippen molar-refractivity contribution in [1.29, 1.82) is 0 Å². The van der Waals surface area contributed by atoms with Gasteiger partial charge in [0, 0.05) is 27.3 Å². The van der Waals surface area contributed by atoms with E-state index in [9.17, 15) is 4.79 Å². The molecule has 0 saturated carbocycles. The molecular formula is C15H16BrNO. The number of hydrogen-bond acceptors (Lipinski definition) is 1. The van der Waals surface area contributed by atoms with Crippen LogP contribution in [0.25, 0.3) is 10.9 Å². The minimum Gasteiger partial charge on any atom is -0.338 e. The summed E-state index contributed by atoms with van der Waals surface area (Å²) >= 11 is 3.50. The van der Waals surface area contributed by atoms with Crippen LogP contribution < -0.4 is 0 Å². The first kappa shape index (κ1) is 12.0. The molecule has 3 heteroatoms. The first-order valence-electron chi connectivity index (χ1n) is 6.25. The van der Waals surface area contributed by atoms with Crippen molar-refractivity contribution in [3.05, 3.63) is 33.9 Å². The van der Waals surface area contributed by atoms with Gasteiger partial charge >= 0.3 is 0 Å². The number of nitrogens with zero attached hydrogens (tertiary/aromatic N) is 1. The van der Waals surface area contributed by atoms with E-state index in [0.29, 0.717) is 0 Å². The van der Waals surface area contributed by atoms with Crippen LogP contribution in [0.4, 0.5) is 0 Å². The number of benzene rings is 1. The average Bonchev–Trinajstić information content (AvgIpc) is 2.58. The van der Waals surface area contributed by atoms with Crippen LogP contribution in [0.1, 0.15) is 36.3 Å². The van der Waals surface area contributed by atoms with E-state index in [1.807, 2.05) is 19.9 Å². The molecule has 0 radical (unpaired) electrons. The molecule has 94 valence electrons. The van der Waals surface area contributed by atoms with Gasteiger partial charge in [0.05, 0.1) is 5.69 Å². The Balaban J connectivity index is 2.37. The zero-order chi connectivity index (χ0) is 13.1. The first-order valence-corrected chi connectivity index (χ1v) is 7.04. The molecule has 0 atom stereocenters. The van der Waals surface area contributed by atoms with Crippen molar-refractivity contribution in [2.24, 2.45) is 5.41 Å². The van der Waals surface area contributed by atoms with Crippen molar-refractivity contribution in [1.82, 2.24) is 4.57 Å². The van der Waals surface area contributed by atoms with E-state index in [2.05, 4.69) is 39.6 Å². The highest BCUT2D eigenvalue weighted by Crippen LogP contribution is 2.38. The van der Waals surface area contributed by atoms with E-state index in [-0.39, 0.29) is 11.2 Å². The summed E-state index contributed by atoms with van der Waals surface area (Å²) in [5.41, 5.74) is 2.96. The predicted octanol–water partition coefficient (Wildman–Crippen LogP) is 4.32. The van der Waals surface area contributed by atoms with Crippen molar-refractivity contribution in [3.63, 3.8) is 0 Å². The summed E-state index contributed by atoms with van der Waals surface area (Å²) < 4.78 is 3.25. The van der Waals surface area contributed by atoms with Crippen LogP contribution in [-0.4, -0.2) is 10.4 Å². The van der Waals surface area contributed by atoms with Gasteiger partial charge in [0.1, 0.15) is 0 Å². The lowest BCUT2D eigenvalue weighted by atomic mass is 9.80. The lowest BCUT2D eigenvalue weighted by Crippen LogP contribution is -2.33. The predicted molar refractivity (Wildman–Crippen MR) is 77.1 cm³/mol. The maximum atomic E-state index is 12.6. The normalized spacial score (nSPS) is 18.1. The second-order valence-electron chi connectivity index (χ2n) is 5.75. The molecule has 0 bridgehead atoms. The molecule has 0 spiro atoms. The highest BCUT2D eigenvalue weighted by molar-refractivity contribution is 9.10. The summed E-state index contributed by atoms with van der Waals surface area (Å²) in [6.45, 7) is 7.08. The lowest BCUT2D eigenvalue weighted by Gasteiger charge is -2.30. The number of fused-ring (bicyclic) bond motifs is 3. The molecule has 1 aromatic carbocycles. The fourth-order valence-electron chi connectivity index (χ4n) is 2.84. The number of carbonyl (C=O) groups is 1. The van der Waals surface area contributed by atoms with Crippen LogP contribution in [0.15, 0.2) is 22.7 Å². The van der Waals surface area contributed by atoms with Gasteiger partial charge in [0.2, 0.25) is 0 Å². The Hall–Kier alpha value is -1.09. The zero-order valence-corrected chi connectivity index (χ0v) is 12.5. The van der Waals surface area contributed by atoms with E-state index < -0.39 is 0 Å². The average molecular weight is 306 g/mol. The van der Waals surface area contributed by atoms with Gasteiger partial charge in [-0.2, -0.15) is 0 Å². The van der Waals surface area contributed by atoms with Crippen molar-refractivity contribution < 1.29 is 4.79 Å². The van der Waals surface area contributed by atoms with Crippen LogP contribution in [0, 0.1) is 12.3 Å². The quantitative estimate of drug-likeness (QED) is 0.710. The number of hydrogen-bond donors (Lipinski definition) is 0. The third-order valence-corrected chi connectivity index (χ3v) is 4.56. The van der Waals surface area contributed by atoms with E-state index >= 15 is 0 Å². The van der Waals surface area contributed by atoms with Crippen molar-refractivity contribution in [3.8, 4) is 0 Å². The Morgan fingerprint density at radius 2 is 2.06 bits per heavy atom. The first-order chi connectivity index (χ1) is 8.42. The van der Waals surface area contributed by atoms with E-state index in [0.717, 1.165) is 28.7 Å². The van der Waals surface area contributed by atoms with Crippen LogP contribution in [0.2, 0.25) is 0 Å². The Morgan fingerprint density at radius 1 is 1.33 bits per heavy atom. The van der Waals surface area contributed by atoms with E-state index in [4.69, 9.17) is 0 Å². The van der Waals surface area contributed by atoms with Gasteiger partial charge in [-0.25, -0.2) is 0 Å². The maximum absolute atomic E-state index is 12.6. The van der Waals surface area contributed by atoms with Crippen molar-refractivity contribution >= 4 is 32.6 Å². The smallest absolute Gasteiger partial charge is 0.185 e. The summed E-state index contributed by atoms with van der Waals surface area (Å²) in [5.74, 6) is 0.276. The zero-order valence-electron chi connectivity index (χ0n) is 10.9. The number of aromatic nitrogens is 1. The lowest BCUT2D eigenvalue weighted by molar-refractivity contribution is 0.0780. The van der Waals surface area contributed by atoms with Gasteiger partial charge in [-0.1, -0.05) is 29.8 Å². The topological polar surface area (TPSA) is 22.0 Å². The molecule has 2 nitrogen and oxygen atoms in total. The summed E-state index contributed by atoms with van der Waals surface area (Å²) in [7, 11) is 0. The molecule has 0 aliphatic carbocycles. The maximum Gasteiger partial charge on any atom is 0.185 e. The molecule has 18 heavy (non-hydrogen) atoms. The number of rotatable bonds is 0. The minimum atomic E-state index is -0.230. The second-order valence-corrected chi connectivity index (χ2v) is 6.67. The molecule has 1 aliphatic rings. The molecule has 0 N–H and O–H groups in total. The van der Waals surface area contributed by atoms with Gasteiger partial charge in [-0.3, -0.25) is 4.79 Å². The number of Topliss-reactive ketones (excluding diaryl/α,β-unsaturated/α-hetero) is 1. The van der Waals surface area contributed by atoms with Gasteiger partial charge in [-0.05, 0) is 37.1 Å².